The van der Waals surface area contributed by atoms with E-state index in [4.69, 9.17) is 4.74 Å². The zero-order chi connectivity index (χ0) is 20.3. The highest BCUT2D eigenvalue weighted by molar-refractivity contribution is 6.02. The molecule has 0 radical (unpaired) electrons. The van der Waals surface area contributed by atoms with Crippen molar-refractivity contribution in [1.82, 2.24) is 0 Å². The third kappa shape index (κ3) is 4.24. The first-order valence-corrected chi connectivity index (χ1v) is 11.0. The van der Waals surface area contributed by atoms with Gasteiger partial charge in [0, 0.05) is 5.39 Å². The van der Waals surface area contributed by atoms with E-state index in [1.54, 1.807) is 0 Å². The predicted octanol–water partition coefficient (Wildman–Crippen LogP) is 8.28. The molecule has 0 bridgehead atoms. The topological polar surface area (TPSA) is 9.23 Å². The van der Waals surface area contributed by atoms with E-state index in [-0.39, 0.29) is 0 Å². The molecule has 4 rings (SSSR count). The lowest BCUT2D eigenvalue weighted by Crippen LogP contribution is -2.14. The van der Waals surface area contributed by atoms with E-state index in [0.717, 1.165) is 38.0 Å². The Labute approximate surface area is 175 Å². The van der Waals surface area contributed by atoms with E-state index in [2.05, 4.69) is 87.5 Å². The van der Waals surface area contributed by atoms with E-state index < -0.39 is 0 Å². The van der Waals surface area contributed by atoms with Crippen molar-refractivity contribution in [3.63, 3.8) is 0 Å². The summed E-state index contributed by atoms with van der Waals surface area (Å²) >= 11 is 0. The van der Waals surface area contributed by atoms with Gasteiger partial charge in [-0.25, -0.2) is 0 Å². The summed E-state index contributed by atoms with van der Waals surface area (Å²) in [4.78, 5) is 0. The molecule has 3 aromatic carbocycles. The predicted molar refractivity (Wildman–Crippen MR) is 125 cm³/mol. The van der Waals surface area contributed by atoms with Gasteiger partial charge in [-0.05, 0) is 64.8 Å². The van der Waals surface area contributed by atoms with Gasteiger partial charge in [0.05, 0.1) is 6.61 Å². The Balaban J connectivity index is 1.79. The van der Waals surface area contributed by atoms with Crippen molar-refractivity contribution < 1.29 is 4.74 Å². The van der Waals surface area contributed by atoms with Crippen LogP contribution in [0.2, 0.25) is 0 Å². The highest BCUT2D eigenvalue weighted by Gasteiger charge is 2.23. The monoisotopic (exact) mass is 384 g/mol. The van der Waals surface area contributed by atoms with Gasteiger partial charge in [-0.15, -0.1) is 0 Å². The number of fused-ring (bicyclic) bond motifs is 1. The van der Waals surface area contributed by atoms with Crippen molar-refractivity contribution in [1.29, 1.82) is 0 Å². The molecular formula is C28H32O. The van der Waals surface area contributed by atoms with Crippen LogP contribution in [0, 0.1) is 5.41 Å². The number of ether oxygens (including phenoxy) is 1. The average molecular weight is 385 g/mol. The van der Waals surface area contributed by atoms with E-state index in [9.17, 15) is 0 Å². The Kier molecular flexibility index (Phi) is 5.76. The second-order valence-electron chi connectivity index (χ2n) is 9.00. The molecule has 1 aliphatic rings. The largest absolute Gasteiger partial charge is 0.493 e. The van der Waals surface area contributed by atoms with Crippen LogP contribution < -0.4 is 4.74 Å². The number of unbranched alkanes of at least 4 members (excludes halogenated alkanes) is 1. The molecule has 0 unspecified atom stereocenters. The Morgan fingerprint density at radius 2 is 1.55 bits per heavy atom. The van der Waals surface area contributed by atoms with Crippen LogP contribution in [0.15, 0.2) is 66.7 Å². The van der Waals surface area contributed by atoms with Crippen LogP contribution in [-0.4, -0.2) is 6.61 Å². The second-order valence-corrected chi connectivity index (χ2v) is 9.00. The highest BCUT2D eigenvalue weighted by Crippen LogP contribution is 2.42. The molecule has 1 heteroatoms. The van der Waals surface area contributed by atoms with Gasteiger partial charge >= 0.3 is 0 Å². The molecule has 29 heavy (non-hydrogen) atoms. The smallest absolute Gasteiger partial charge is 0.127 e. The summed E-state index contributed by atoms with van der Waals surface area (Å²) in [5, 5.41) is 2.47. The first-order chi connectivity index (χ1) is 14.1. The van der Waals surface area contributed by atoms with Crippen LogP contribution in [0.3, 0.4) is 0 Å². The molecule has 0 N–H and O–H groups in total. The van der Waals surface area contributed by atoms with Gasteiger partial charge in [0.25, 0.3) is 0 Å². The zero-order valence-corrected chi connectivity index (χ0v) is 18.0. The Bertz CT molecular complexity index is 1030. The molecule has 0 spiro atoms. The van der Waals surface area contributed by atoms with Crippen molar-refractivity contribution >= 4 is 16.3 Å². The maximum atomic E-state index is 6.11. The maximum Gasteiger partial charge on any atom is 0.127 e. The standard InChI is InChI=1S/C28H32O/c1-4-5-20-29-27-15-14-25(24-12-8-9-13-26(24)27)23-11-7-6-10-22(23)21-16-18-28(2,3)19-17-21/h6-16H,4-5,17-20H2,1-3H3. The van der Waals surface area contributed by atoms with E-state index in [0.29, 0.717) is 5.41 Å². The Morgan fingerprint density at radius 3 is 2.28 bits per heavy atom. The molecule has 150 valence electrons. The summed E-state index contributed by atoms with van der Waals surface area (Å²) in [7, 11) is 0. The molecule has 0 atom stereocenters. The molecule has 0 saturated carbocycles. The SMILES string of the molecule is CCCCOc1ccc(-c2ccccc2C2=CCC(C)(C)CC2)c2ccccc12. The van der Waals surface area contributed by atoms with Crippen LogP contribution in [0.25, 0.3) is 27.5 Å². The number of hydrogen-bond acceptors (Lipinski definition) is 1. The van der Waals surface area contributed by atoms with Gasteiger partial charge in [-0.3, -0.25) is 0 Å². The minimum atomic E-state index is 0.419. The number of rotatable bonds is 6. The van der Waals surface area contributed by atoms with Crippen molar-refractivity contribution in [3.05, 3.63) is 72.3 Å². The van der Waals surface area contributed by atoms with E-state index >= 15 is 0 Å². The lowest BCUT2D eigenvalue weighted by atomic mass is 9.76. The quantitative estimate of drug-likeness (QED) is 0.388. The summed E-state index contributed by atoms with van der Waals surface area (Å²) in [6, 6.07) is 21.9. The van der Waals surface area contributed by atoms with Crippen molar-refractivity contribution in [3.8, 4) is 16.9 Å². The van der Waals surface area contributed by atoms with Gasteiger partial charge in [0.2, 0.25) is 0 Å². The first-order valence-electron chi connectivity index (χ1n) is 11.0. The van der Waals surface area contributed by atoms with E-state index in [1.165, 1.54) is 39.5 Å². The molecule has 3 aromatic rings. The normalized spacial score (nSPS) is 15.9. The molecule has 0 amide bonds. The summed E-state index contributed by atoms with van der Waals surface area (Å²) in [5.74, 6) is 0.994. The Morgan fingerprint density at radius 1 is 0.828 bits per heavy atom. The summed E-state index contributed by atoms with van der Waals surface area (Å²) in [6.45, 7) is 7.72. The first kappa shape index (κ1) is 19.8. The summed E-state index contributed by atoms with van der Waals surface area (Å²) in [6.07, 6.45) is 8.26. The average Bonchev–Trinajstić information content (AvgIpc) is 2.74. The summed E-state index contributed by atoms with van der Waals surface area (Å²) in [5.41, 5.74) is 5.92. The highest BCUT2D eigenvalue weighted by atomic mass is 16.5. The molecular weight excluding hydrogens is 352 g/mol. The van der Waals surface area contributed by atoms with Gasteiger partial charge in [0.15, 0.2) is 0 Å². The van der Waals surface area contributed by atoms with Crippen LogP contribution in [0.4, 0.5) is 0 Å². The third-order valence-corrected chi connectivity index (χ3v) is 6.17. The van der Waals surface area contributed by atoms with Gasteiger partial charge < -0.3 is 4.74 Å². The molecule has 0 aromatic heterocycles. The molecule has 0 saturated heterocycles. The molecule has 0 aliphatic heterocycles. The van der Waals surface area contributed by atoms with Crippen LogP contribution in [0.5, 0.6) is 5.75 Å². The zero-order valence-electron chi connectivity index (χ0n) is 18.0. The fourth-order valence-corrected chi connectivity index (χ4v) is 4.28. The second kappa shape index (κ2) is 8.45. The molecule has 0 fully saturated rings. The van der Waals surface area contributed by atoms with Gasteiger partial charge in [-0.1, -0.05) is 87.9 Å². The molecule has 0 heterocycles. The minimum absolute atomic E-state index is 0.419. The fraction of sp³-hybridized carbons (Fsp3) is 0.357. The van der Waals surface area contributed by atoms with Crippen LogP contribution >= 0.6 is 0 Å². The minimum Gasteiger partial charge on any atom is -0.493 e. The fourth-order valence-electron chi connectivity index (χ4n) is 4.28. The van der Waals surface area contributed by atoms with Gasteiger partial charge in [-0.2, -0.15) is 0 Å². The lowest BCUT2D eigenvalue weighted by Gasteiger charge is -2.29. The van der Waals surface area contributed by atoms with Gasteiger partial charge in [0.1, 0.15) is 5.75 Å². The maximum absolute atomic E-state index is 6.11. The Hall–Kier alpha value is -2.54. The number of benzene rings is 3. The third-order valence-electron chi connectivity index (χ3n) is 6.17. The molecule has 1 nitrogen and oxygen atoms in total. The van der Waals surface area contributed by atoms with Crippen molar-refractivity contribution in [2.45, 2.75) is 52.9 Å². The van der Waals surface area contributed by atoms with Crippen molar-refractivity contribution in [2.24, 2.45) is 5.41 Å². The van der Waals surface area contributed by atoms with Crippen LogP contribution in [-0.2, 0) is 0 Å². The number of allylic oxidation sites excluding steroid dienone is 2. The number of hydrogen-bond donors (Lipinski definition) is 0. The van der Waals surface area contributed by atoms with E-state index in [1.807, 2.05) is 0 Å². The lowest BCUT2D eigenvalue weighted by molar-refractivity contribution is 0.313. The van der Waals surface area contributed by atoms with Crippen molar-refractivity contribution in [2.75, 3.05) is 6.61 Å². The molecule has 1 aliphatic carbocycles. The summed E-state index contributed by atoms with van der Waals surface area (Å²) < 4.78 is 6.11. The van der Waals surface area contributed by atoms with Crippen LogP contribution in [0.1, 0.15) is 58.4 Å².